The number of hydrogen-bond donors (Lipinski definition) is 0. The highest BCUT2D eigenvalue weighted by Gasteiger charge is 2.16. The van der Waals surface area contributed by atoms with Gasteiger partial charge in [-0.15, -0.1) is 10.2 Å². The SMILES string of the molecule is COc1ccc(-c2nnc(CN(C)C(=O)CCCOc3ccc(Cl)cc3Cl)o2)cc1OC. The van der Waals surface area contributed by atoms with Gasteiger partial charge >= 0.3 is 0 Å². The molecule has 170 valence electrons. The molecule has 8 nitrogen and oxygen atoms in total. The molecule has 3 aromatic rings. The average molecular weight is 480 g/mol. The average Bonchev–Trinajstić information content (AvgIpc) is 3.25. The van der Waals surface area contributed by atoms with Crippen molar-refractivity contribution < 1.29 is 23.4 Å². The first kappa shape index (κ1) is 23.7. The number of carbonyl (C=O) groups excluding carboxylic acids is 1. The van der Waals surface area contributed by atoms with E-state index in [1.807, 2.05) is 0 Å². The smallest absolute Gasteiger partial charge is 0.247 e. The zero-order chi connectivity index (χ0) is 23.1. The minimum atomic E-state index is -0.0679. The van der Waals surface area contributed by atoms with Crippen molar-refractivity contribution in [2.24, 2.45) is 0 Å². The zero-order valence-corrected chi connectivity index (χ0v) is 19.4. The molecule has 0 fully saturated rings. The Kier molecular flexibility index (Phi) is 8.19. The molecule has 0 saturated carbocycles. The molecule has 0 aliphatic carbocycles. The van der Waals surface area contributed by atoms with Gasteiger partial charge in [-0.2, -0.15) is 0 Å². The highest BCUT2D eigenvalue weighted by Crippen LogP contribution is 2.32. The third-order valence-electron chi connectivity index (χ3n) is 4.58. The van der Waals surface area contributed by atoms with Crippen molar-refractivity contribution in [1.29, 1.82) is 0 Å². The molecule has 0 unspecified atom stereocenters. The Balaban J connectivity index is 1.50. The van der Waals surface area contributed by atoms with Crippen LogP contribution in [0.2, 0.25) is 10.0 Å². The lowest BCUT2D eigenvalue weighted by atomic mass is 10.2. The molecule has 1 amide bonds. The van der Waals surface area contributed by atoms with E-state index in [9.17, 15) is 4.79 Å². The molecule has 1 aromatic heterocycles. The van der Waals surface area contributed by atoms with Crippen molar-refractivity contribution in [2.45, 2.75) is 19.4 Å². The maximum atomic E-state index is 12.4. The number of ether oxygens (including phenoxy) is 3. The monoisotopic (exact) mass is 479 g/mol. The number of methoxy groups -OCH3 is 2. The number of carbonyl (C=O) groups is 1. The number of hydrogen-bond acceptors (Lipinski definition) is 7. The maximum absolute atomic E-state index is 12.4. The topological polar surface area (TPSA) is 86.9 Å². The normalized spacial score (nSPS) is 10.7. The maximum Gasteiger partial charge on any atom is 0.247 e. The van der Waals surface area contributed by atoms with Crippen LogP contribution in [0.4, 0.5) is 0 Å². The summed E-state index contributed by atoms with van der Waals surface area (Å²) in [5, 5.41) is 9.06. The molecule has 32 heavy (non-hydrogen) atoms. The van der Waals surface area contributed by atoms with Gasteiger partial charge in [0.15, 0.2) is 11.5 Å². The van der Waals surface area contributed by atoms with Crippen molar-refractivity contribution in [3.63, 3.8) is 0 Å². The van der Waals surface area contributed by atoms with Gasteiger partial charge in [-0.05, 0) is 42.8 Å². The van der Waals surface area contributed by atoms with Crippen LogP contribution in [0.3, 0.4) is 0 Å². The van der Waals surface area contributed by atoms with Gasteiger partial charge in [-0.1, -0.05) is 23.2 Å². The second-order valence-corrected chi connectivity index (χ2v) is 7.69. The Morgan fingerprint density at radius 2 is 1.78 bits per heavy atom. The number of nitrogens with zero attached hydrogens (tertiary/aromatic N) is 3. The van der Waals surface area contributed by atoms with E-state index in [0.29, 0.717) is 64.1 Å². The molecular weight excluding hydrogens is 457 g/mol. The summed E-state index contributed by atoms with van der Waals surface area (Å²) in [5.41, 5.74) is 0.688. The van der Waals surface area contributed by atoms with Gasteiger partial charge in [0.1, 0.15) is 5.75 Å². The molecule has 0 aliphatic rings. The van der Waals surface area contributed by atoms with Gasteiger partial charge in [0.2, 0.25) is 17.7 Å². The van der Waals surface area contributed by atoms with Crippen molar-refractivity contribution in [1.82, 2.24) is 15.1 Å². The number of rotatable bonds is 10. The van der Waals surface area contributed by atoms with Crippen LogP contribution in [0.5, 0.6) is 17.2 Å². The van der Waals surface area contributed by atoms with Gasteiger partial charge in [-0.25, -0.2) is 0 Å². The van der Waals surface area contributed by atoms with Crippen LogP contribution in [0, 0.1) is 0 Å². The van der Waals surface area contributed by atoms with Crippen LogP contribution in [0.1, 0.15) is 18.7 Å². The fraction of sp³-hybridized carbons (Fsp3) is 0.318. The lowest BCUT2D eigenvalue weighted by molar-refractivity contribution is -0.130. The molecule has 0 saturated heterocycles. The molecule has 2 aromatic carbocycles. The fourth-order valence-electron chi connectivity index (χ4n) is 2.88. The number of halogens is 2. The second-order valence-electron chi connectivity index (χ2n) is 6.85. The van der Waals surface area contributed by atoms with E-state index >= 15 is 0 Å². The summed E-state index contributed by atoms with van der Waals surface area (Å²) in [7, 11) is 4.80. The lowest BCUT2D eigenvalue weighted by Gasteiger charge is -2.15. The molecule has 0 atom stereocenters. The van der Waals surface area contributed by atoms with Gasteiger partial charge in [0.05, 0.1) is 32.4 Å². The van der Waals surface area contributed by atoms with Crippen molar-refractivity contribution in [2.75, 3.05) is 27.9 Å². The number of amides is 1. The third kappa shape index (κ3) is 6.05. The van der Waals surface area contributed by atoms with Gasteiger partial charge in [-0.3, -0.25) is 4.79 Å². The first-order chi connectivity index (χ1) is 15.4. The van der Waals surface area contributed by atoms with Crippen LogP contribution in [0.15, 0.2) is 40.8 Å². The molecular formula is C22H23Cl2N3O5. The third-order valence-corrected chi connectivity index (χ3v) is 5.11. The van der Waals surface area contributed by atoms with Crippen LogP contribution in [-0.4, -0.2) is 48.9 Å². The van der Waals surface area contributed by atoms with Crippen molar-refractivity contribution >= 4 is 29.1 Å². The molecule has 10 heteroatoms. The van der Waals surface area contributed by atoms with Crippen LogP contribution < -0.4 is 14.2 Å². The van der Waals surface area contributed by atoms with E-state index < -0.39 is 0 Å². The molecule has 0 bridgehead atoms. The van der Waals surface area contributed by atoms with Gasteiger partial charge < -0.3 is 23.5 Å². The highest BCUT2D eigenvalue weighted by molar-refractivity contribution is 6.35. The Hall–Kier alpha value is -2.97. The summed E-state index contributed by atoms with van der Waals surface area (Å²) in [4.78, 5) is 13.9. The summed E-state index contributed by atoms with van der Waals surface area (Å²) < 4.78 is 21.8. The van der Waals surface area contributed by atoms with Gasteiger partial charge in [0, 0.05) is 24.1 Å². The molecule has 0 spiro atoms. The van der Waals surface area contributed by atoms with E-state index in [1.54, 1.807) is 57.7 Å². The zero-order valence-electron chi connectivity index (χ0n) is 17.9. The van der Waals surface area contributed by atoms with E-state index in [2.05, 4.69) is 10.2 Å². The summed E-state index contributed by atoms with van der Waals surface area (Å²) in [6.07, 6.45) is 0.835. The quantitative estimate of drug-likeness (QED) is 0.383. The first-order valence-electron chi connectivity index (χ1n) is 9.78. The second kappa shape index (κ2) is 11.1. The lowest BCUT2D eigenvalue weighted by Crippen LogP contribution is -2.26. The van der Waals surface area contributed by atoms with Crippen LogP contribution in [-0.2, 0) is 11.3 Å². The van der Waals surface area contributed by atoms with Crippen molar-refractivity contribution in [3.8, 4) is 28.7 Å². The van der Waals surface area contributed by atoms with Gasteiger partial charge in [0.25, 0.3) is 0 Å². The minimum absolute atomic E-state index is 0.0679. The fourth-order valence-corrected chi connectivity index (χ4v) is 3.35. The Labute approximate surface area is 196 Å². The molecule has 0 radical (unpaired) electrons. The Bertz CT molecular complexity index is 1070. The Morgan fingerprint density at radius 3 is 2.50 bits per heavy atom. The van der Waals surface area contributed by atoms with E-state index in [-0.39, 0.29) is 12.5 Å². The molecule has 0 aliphatic heterocycles. The summed E-state index contributed by atoms with van der Waals surface area (Å²) in [5.74, 6) is 2.28. The van der Waals surface area contributed by atoms with Crippen LogP contribution in [0.25, 0.3) is 11.5 Å². The summed E-state index contributed by atoms with van der Waals surface area (Å²) in [6, 6.07) is 10.3. The van der Waals surface area contributed by atoms with E-state index in [0.717, 1.165) is 0 Å². The number of benzene rings is 2. The standard InChI is InChI=1S/C22H23Cl2N3O5/c1-27(21(28)5-4-10-31-17-9-7-15(23)12-16(17)24)13-20-25-26-22(32-20)14-6-8-18(29-2)19(11-14)30-3/h6-9,11-12H,4-5,10,13H2,1-3H3. The first-order valence-corrected chi connectivity index (χ1v) is 10.5. The largest absolute Gasteiger partial charge is 0.493 e. The van der Waals surface area contributed by atoms with E-state index in [4.69, 9.17) is 41.8 Å². The summed E-state index contributed by atoms with van der Waals surface area (Å²) in [6.45, 7) is 0.550. The predicted octanol–water partition coefficient (Wildman–Crippen LogP) is 4.88. The number of aromatic nitrogens is 2. The minimum Gasteiger partial charge on any atom is -0.493 e. The highest BCUT2D eigenvalue weighted by atomic mass is 35.5. The van der Waals surface area contributed by atoms with Crippen LogP contribution >= 0.6 is 23.2 Å². The predicted molar refractivity (Wildman–Crippen MR) is 121 cm³/mol. The summed E-state index contributed by atoms with van der Waals surface area (Å²) >= 11 is 11.9. The molecule has 3 rings (SSSR count). The van der Waals surface area contributed by atoms with E-state index in [1.165, 1.54) is 4.90 Å². The Morgan fingerprint density at radius 1 is 1.03 bits per heavy atom. The molecule has 1 heterocycles. The molecule has 0 N–H and O–H groups in total. The van der Waals surface area contributed by atoms with Crippen molar-refractivity contribution in [3.05, 3.63) is 52.3 Å².